The smallest absolute Gasteiger partial charge is 0.340 e. The molecule has 11 nitrogen and oxygen atoms in total. The summed E-state index contributed by atoms with van der Waals surface area (Å²) >= 11 is 0. The van der Waals surface area contributed by atoms with Crippen LogP contribution < -0.4 is 16.1 Å². The molecule has 0 radical (unpaired) electrons. The van der Waals surface area contributed by atoms with E-state index in [4.69, 9.17) is 4.74 Å². The van der Waals surface area contributed by atoms with Gasteiger partial charge in [-0.3, -0.25) is 29.2 Å². The Morgan fingerprint density at radius 3 is 2.60 bits per heavy atom. The Labute approximate surface area is 234 Å². The summed E-state index contributed by atoms with van der Waals surface area (Å²) < 4.78 is 5.25. The molecule has 216 valence electrons. The molecule has 3 N–H and O–H groups in total. The minimum Gasteiger partial charge on any atom is -0.454 e. The molecule has 3 rings (SSSR count). The molecule has 0 saturated carbocycles. The van der Waals surface area contributed by atoms with Gasteiger partial charge in [0.2, 0.25) is 17.7 Å². The van der Waals surface area contributed by atoms with Crippen LogP contribution in [-0.2, 0) is 23.9 Å². The van der Waals surface area contributed by atoms with Gasteiger partial charge in [-0.05, 0) is 36.8 Å². The summed E-state index contributed by atoms with van der Waals surface area (Å²) in [5.41, 5.74) is 3.93. The number of benzene rings is 1. The Morgan fingerprint density at radius 1 is 1.12 bits per heavy atom. The standard InChI is InChI=1S/C29H39N5O6/c1-18(2)14-25(36)30-13-11-26(37)34-23(10-7-12-32-34)28(38)33-27(19(3)4)24(35)17-40-29(39)21-15-20-8-5-6-9-22(20)31-16-21/h5-6,8-9,15-16,18-19,23,27,32H,7,10-14,17H2,1-4H3,(H,30,36)(H,33,38)/t23-,27-/m0/s1. The predicted molar refractivity (Wildman–Crippen MR) is 149 cm³/mol. The average Bonchev–Trinajstić information content (AvgIpc) is 2.93. The fourth-order valence-electron chi connectivity index (χ4n) is 4.48. The maximum Gasteiger partial charge on any atom is 0.340 e. The van der Waals surface area contributed by atoms with Crippen LogP contribution in [0.3, 0.4) is 0 Å². The number of esters is 1. The predicted octanol–water partition coefficient (Wildman–Crippen LogP) is 2.15. The van der Waals surface area contributed by atoms with E-state index in [1.807, 2.05) is 38.1 Å². The van der Waals surface area contributed by atoms with Crippen LogP contribution in [0.2, 0.25) is 0 Å². The van der Waals surface area contributed by atoms with Gasteiger partial charge in [-0.1, -0.05) is 45.9 Å². The van der Waals surface area contributed by atoms with Crippen LogP contribution in [0.25, 0.3) is 10.9 Å². The monoisotopic (exact) mass is 553 g/mol. The zero-order valence-electron chi connectivity index (χ0n) is 23.6. The van der Waals surface area contributed by atoms with Crippen molar-refractivity contribution in [2.24, 2.45) is 11.8 Å². The van der Waals surface area contributed by atoms with Crippen LogP contribution in [0.5, 0.6) is 0 Å². The lowest BCUT2D eigenvalue weighted by atomic mass is 9.98. The summed E-state index contributed by atoms with van der Waals surface area (Å²) in [4.78, 5) is 67.8. The van der Waals surface area contributed by atoms with Gasteiger partial charge in [-0.25, -0.2) is 10.2 Å². The van der Waals surface area contributed by atoms with E-state index in [1.54, 1.807) is 19.9 Å². The van der Waals surface area contributed by atoms with Crippen molar-refractivity contribution in [2.75, 3.05) is 19.7 Å². The van der Waals surface area contributed by atoms with E-state index < -0.39 is 36.4 Å². The number of rotatable bonds is 12. The Balaban J connectivity index is 1.56. The second-order valence-electron chi connectivity index (χ2n) is 10.7. The van der Waals surface area contributed by atoms with E-state index in [0.29, 0.717) is 25.8 Å². The van der Waals surface area contributed by atoms with E-state index in [2.05, 4.69) is 21.0 Å². The molecule has 3 amide bonds. The molecule has 1 fully saturated rings. The molecular formula is C29H39N5O6. The summed E-state index contributed by atoms with van der Waals surface area (Å²) in [5, 5.41) is 7.55. The summed E-state index contributed by atoms with van der Waals surface area (Å²) in [6.45, 7) is 7.61. The van der Waals surface area contributed by atoms with E-state index in [1.165, 1.54) is 11.2 Å². The third kappa shape index (κ3) is 8.57. The molecule has 0 unspecified atom stereocenters. The minimum atomic E-state index is -0.913. The van der Waals surface area contributed by atoms with Crippen LogP contribution in [-0.4, -0.2) is 71.2 Å². The van der Waals surface area contributed by atoms with Gasteiger partial charge in [0.25, 0.3) is 0 Å². The molecule has 0 bridgehead atoms. The molecule has 1 saturated heterocycles. The zero-order valence-corrected chi connectivity index (χ0v) is 23.6. The van der Waals surface area contributed by atoms with Crippen LogP contribution in [0.4, 0.5) is 0 Å². The average molecular weight is 554 g/mol. The number of amides is 3. The highest BCUT2D eigenvalue weighted by atomic mass is 16.5. The van der Waals surface area contributed by atoms with Gasteiger partial charge in [-0.15, -0.1) is 0 Å². The first-order valence-corrected chi connectivity index (χ1v) is 13.7. The zero-order chi connectivity index (χ0) is 29.2. The molecule has 2 aromatic rings. The van der Waals surface area contributed by atoms with Gasteiger partial charge in [0.05, 0.1) is 17.1 Å². The molecule has 0 spiro atoms. The quantitative estimate of drug-likeness (QED) is 0.339. The van der Waals surface area contributed by atoms with E-state index in [0.717, 1.165) is 10.9 Å². The second kappa shape index (κ2) is 14.5. The lowest BCUT2D eigenvalue weighted by Gasteiger charge is -2.36. The summed E-state index contributed by atoms with van der Waals surface area (Å²) in [7, 11) is 0. The first-order valence-electron chi connectivity index (χ1n) is 13.7. The normalized spacial score (nSPS) is 16.1. The number of hydrazine groups is 1. The second-order valence-corrected chi connectivity index (χ2v) is 10.7. The Hall–Kier alpha value is -3.86. The van der Waals surface area contributed by atoms with Crippen LogP contribution in [0.15, 0.2) is 36.5 Å². The molecule has 2 heterocycles. The van der Waals surface area contributed by atoms with Gasteiger partial charge >= 0.3 is 5.97 Å². The maximum atomic E-state index is 13.2. The fourth-order valence-corrected chi connectivity index (χ4v) is 4.48. The number of ketones is 1. The molecule has 1 aliphatic heterocycles. The Kier molecular flexibility index (Phi) is 11.1. The topological polar surface area (TPSA) is 147 Å². The van der Waals surface area contributed by atoms with Crippen molar-refractivity contribution in [1.29, 1.82) is 0 Å². The first-order chi connectivity index (χ1) is 19.1. The van der Waals surface area contributed by atoms with Crippen molar-refractivity contribution in [2.45, 2.75) is 65.5 Å². The van der Waals surface area contributed by atoms with Gasteiger partial charge < -0.3 is 15.4 Å². The van der Waals surface area contributed by atoms with Crippen molar-refractivity contribution in [3.63, 3.8) is 0 Å². The number of Topliss-reactive ketones (excluding diaryl/α,β-unsaturated/α-hetero) is 1. The third-order valence-electron chi connectivity index (χ3n) is 6.56. The number of pyridine rings is 1. The van der Waals surface area contributed by atoms with Crippen molar-refractivity contribution in [3.05, 3.63) is 42.1 Å². The summed E-state index contributed by atoms with van der Waals surface area (Å²) in [5.74, 6) is -2.14. The lowest BCUT2D eigenvalue weighted by Crippen LogP contribution is -2.61. The van der Waals surface area contributed by atoms with Crippen molar-refractivity contribution in [3.8, 4) is 0 Å². The van der Waals surface area contributed by atoms with Crippen molar-refractivity contribution < 1.29 is 28.7 Å². The number of para-hydroxylation sites is 1. The number of ether oxygens (including phenoxy) is 1. The van der Waals surface area contributed by atoms with Gasteiger partial charge in [0, 0.05) is 37.5 Å². The van der Waals surface area contributed by atoms with Crippen molar-refractivity contribution in [1.82, 2.24) is 26.1 Å². The highest BCUT2D eigenvalue weighted by Gasteiger charge is 2.35. The van der Waals surface area contributed by atoms with E-state index in [9.17, 15) is 24.0 Å². The number of hydrogen-bond acceptors (Lipinski definition) is 8. The fraction of sp³-hybridized carbons (Fsp3) is 0.517. The molecule has 0 aliphatic carbocycles. The number of nitrogens with zero attached hydrogens (tertiary/aromatic N) is 2. The lowest BCUT2D eigenvalue weighted by molar-refractivity contribution is -0.147. The van der Waals surface area contributed by atoms with E-state index >= 15 is 0 Å². The number of nitrogens with one attached hydrogen (secondary N) is 3. The molecule has 11 heteroatoms. The largest absolute Gasteiger partial charge is 0.454 e. The first kappa shape index (κ1) is 30.7. The number of fused-ring (bicyclic) bond motifs is 1. The SMILES string of the molecule is CC(C)CC(=O)NCCC(=O)N1NCCC[C@H]1C(=O)N[C@H](C(=O)COC(=O)c1cnc2ccccc2c1)C(C)C. The third-order valence-corrected chi connectivity index (χ3v) is 6.56. The van der Waals surface area contributed by atoms with Crippen molar-refractivity contribution >= 4 is 40.4 Å². The van der Waals surface area contributed by atoms with Gasteiger partial charge in [-0.2, -0.15) is 0 Å². The number of hydrogen-bond donors (Lipinski definition) is 3. The summed E-state index contributed by atoms with van der Waals surface area (Å²) in [6, 6.07) is 7.25. The molecule has 1 aromatic heterocycles. The summed E-state index contributed by atoms with van der Waals surface area (Å²) in [6.07, 6.45) is 2.90. The van der Waals surface area contributed by atoms with E-state index in [-0.39, 0.29) is 42.2 Å². The Bertz CT molecular complexity index is 1230. The number of carbonyl (C=O) groups is 5. The maximum absolute atomic E-state index is 13.2. The molecule has 1 aromatic carbocycles. The minimum absolute atomic E-state index is 0.0345. The highest BCUT2D eigenvalue weighted by molar-refractivity contribution is 5.97. The number of carbonyl (C=O) groups excluding carboxylic acids is 5. The van der Waals surface area contributed by atoms with Crippen LogP contribution >= 0.6 is 0 Å². The molecular weight excluding hydrogens is 514 g/mol. The van der Waals surface area contributed by atoms with Gasteiger partial charge in [0.1, 0.15) is 6.04 Å². The number of aromatic nitrogens is 1. The highest BCUT2D eigenvalue weighted by Crippen LogP contribution is 2.15. The molecule has 2 atom stereocenters. The van der Waals surface area contributed by atoms with Crippen LogP contribution in [0.1, 0.15) is 63.7 Å². The Morgan fingerprint density at radius 2 is 1.88 bits per heavy atom. The van der Waals surface area contributed by atoms with Gasteiger partial charge in [0.15, 0.2) is 12.4 Å². The van der Waals surface area contributed by atoms with Crippen LogP contribution in [0, 0.1) is 11.8 Å². The molecule has 40 heavy (non-hydrogen) atoms. The molecule has 1 aliphatic rings.